The molecule has 0 aliphatic rings. The molecule has 0 saturated heterocycles. The quantitative estimate of drug-likeness (QED) is 0.778. The van der Waals surface area contributed by atoms with E-state index in [-0.39, 0.29) is 0 Å². The molecule has 0 unspecified atom stereocenters. The summed E-state index contributed by atoms with van der Waals surface area (Å²) in [5, 5.41) is 0. The first kappa shape index (κ1) is 15.1. The Hall–Kier alpha value is -2.29. The maximum absolute atomic E-state index is 11.1. The maximum Gasteiger partial charge on any atom is 0.172 e. The zero-order valence-corrected chi connectivity index (χ0v) is 12.9. The van der Waals surface area contributed by atoms with Crippen molar-refractivity contribution in [1.82, 2.24) is 0 Å². The van der Waals surface area contributed by atoms with Crippen LogP contribution in [-0.2, 0) is 6.61 Å². The molecular weight excluding hydrogens is 264 g/mol. The number of aldehydes is 1. The summed E-state index contributed by atoms with van der Waals surface area (Å²) in [7, 11) is 1.57. The Kier molecular flexibility index (Phi) is 4.63. The highest BCUT2D eigenvalue weighted by Gasteiger charge is 2.12. The van der Waals surface area contributed by atoms with Crippen LogP contribution in [0.15, 0.2) is 30.3 Å². The predicted molar refractivity (Wildman–Crippen MR) is 83.4 cm³/mol. The number of para-hydroxylation sites is 1. The summed E-state index contributed by atoms with van der Waals surface area (Å²) in [5.41, 5.74) is 5.25. The fourth-order valence-electron chi connectivity index (χ4n) is 2.52. The van der Waals surface area contributed by atoms with Gasteiger partial charge in [-0.3, -0.25) is 4.79 Å². The van der Waals surface area contributed by atoms with Gasteiger partial charge in [-0.15, -0.1) is 0 Å². The number of rotatable bonds is 5. The lowest BCUT2D eigenvalue weighted by Gasteiger charge is -2.15. The van der Waals surface area contributed by atoms with Gasteiger partial charge in [0.05, 0.1) is 12.7 Å². The molecule has 110 valence electrons. The number of carbonyl (C=O) groups excluding carboxylic acids is 1. The molecule has 0 amide bonds. The zero-order valence-electron chi connectivity index (χ0n) is 12.9. The zero-order chi connectivity index (χ0) is 15.4. The molecule has 2 aromatic carbocycles. The van der Waals surface area contributed by atoms with Gasteiger partial charge in [-0.2, -0.15) is 0 Å². The third kappa shape index (κ3) is 3.24. The molecule has 2 rings (SSSR count). The molecule has 0 saturated carbocycles. The van der Waals surface area contributed by atoms with Crippen LogP contribution < -0.4 is 9.47 Å². The molecule has 3 heteroatoms. The minimum atomic E-state index is 0.416. The van der Waals surface area contributed by atoms with Gasteiger partial charge in [0.15, 0.2) is 17.8 Å². The Labute approximate surface area is 125 Å². The Morgan fingerprint density at radius 2 is 1.76 bits per heavy atom. The summed E-state index contributed by atoms with van der Waals surface area (Å²) in [5.74, 6) is 1.07. The van der Waals surface area contributed by atoms with Crippen LogP contribution in [0.2, 0.25) is 0 Å². The molecule has 2 aromatic rings. The fourth-order valence-corrected chi connectivity index (χ4v) is 2.52. The highest BCUT2D eigenvalue weighted by molar-refractivity contribution is 5.81. The van der Waals surface area contributed by atoms with Crippen LogP contribution in [-0.4, -0.2) is 13.4 Å². The molecular formula is C18H20O3. The van der Waals surface area contributed by atoms with E-state index < -0.39 is 0 Å². The second kappa shape index (κ2) is 6.44. The third-order valence-electron chi connectivity index (χ3n) is 3.56. The number of hydrogen-bond donors (Lipinski definition) is 0. The predicted octanol–water partition coefficient (Wildman–Crippen LogP) is 4.01. The molecule has 0 aliphatic carbocycles. The molecule has 0 bridgehead atoms. The minimum absolute atomic E-state index is 0.416. The van der Waals surface area contributed by atoms with Crippen LogP contribution in [0.1, 0.15) is 32.6 Å². The largest absolute Gasteiger partial charge is 0.493 e. The molecule has 21 heavy (non-hydrogen) atoms. The van der Waals surface area contributed by atoms with Gasteiger partial charge in [0, 0.05) is 0 Å². The van der Waals surface area contributed by atoms with Crippen molar-refractivity contribution in [1.29, 1.82) is 0 Å². The third-order valence-corrected chi connectivity index (χ3v) is 3.56. The van der Waals surface area contributed by atoms with Crippen LogP contribution in [0, 0.1) is 20.8 Å². The van der Waals surface area contributed by atoms with Crippen molar-refractivity contribution in [2.45, 2.75) is 27.4 Å². The summed E-state index contributed by atoms with van der Waals surface area (Å²) < 4.78 is 11.2. The Morgan fingerprint density at radius 1 is 1.10 bits per heavy atom. The Morgan fingerprint density at radius 3 is 2.33 bits per heavy atom. The van der Waals surface area contributed by atoms with Crippen LogP contribution in [0.4, 0.5) is 0 Å². The van der Waals surface area contributed by atoms with Gasteiger partial charge >= 0.3 is 0 Å². The molecule has 0 spiro atoms. The van der Waals surface area contributed by atoms with Crippen LogP contribution in [0.3, 0.4) is 0 Å². The highest BCUT2D eigenvalue weighted by Crippen LogP contribution is 2.31. The smallest absolute Gasteiger partial charge is 0.172 e. The van der Waals surface area contributed by atoms with E-state index in [9.17, 15) is 4.79 Å². The number of carbonyl (C=O) groups is 1. The SMILES string of the molecule is COc1cccc(C=O)c1OCc1c(C)cc(C)cc1C. The van der Waals surface area contributed by atoms with Crippen LogP contribution in [0.25, 0.3) is 0 Å². The van der Waals surface area contributed by atoms with Crippen molar-refractivity contribution in [3.05, 3.63) is 58.1 Å². The van der Waals surface area contributed by atoms with Crippen LogP contribution in [0.5, 0.6) is 11.5 Å². The van der Waals surface area contributed by atoms with Gasteiger partial charge in [0.1, 0.15) is 6.61 Å². The Bertz CT molecular complexity index is 637. The van der Waals surface area contributed by atoms with E-state index >= 15 is 0 Å². The molecule has 0 heterocycles. The van der Waals surface area contributed by atoms with Gasteiger partial charge in [-0.1, -0.05) is 23.8 Å². The summed E-state index contributed by atoms with van der Waals surface area (Å²) in [6.07, 6.45) is 0.784. The average Bonchev–Trinajstić information content (AvgIpc) is 2.45. The molecule has 0 aromatic heterocycles. The van der Waals surface area contributed by atoms with E-state index in [1.54, 1.807) is 25.3 Å². The molecule has 3 nitrogen and oxygen atoms in total. The lowest BCUT2D eigenvalue weighted by atomic mass is 10.0. The van der Waals surface area contributed by atoms with E-state index in [2.05, 4.69) is 32.9 Å². The number of hydrogen-bond acceptors (Lipinski definition) is 3. The van der Waals surface area contributed by atoms with Crippen molar-refractivity contribution in [3.8, 4) is 11.5 Å². The summed E-state index contributed by atoms with van der Waals surface area (Å²) in [6.45, 7) is 6.64. The highest BCUT2D eigenvalue weighted by atomic mass is 16.5. The standard InChI is InChI=1S/C18H20O3/c1-12-8-13(2)16(14(3)9-12)11-21-18-15(10-19)6-5-7-17(18)20-4/h5-10H,11H2,1-4H3. The van der Waals surface area contributed by atoms with Gasteiger partial charge in [0.2, 0.25) is 0 Å². The summed E-state index contributed by atoms with van der Waals surface area (Å²) in [6, 6.07) is 9.55. The van der Waals surface area contributed by atoms with E-state index in [1.807, 2.05) is 0 Å². The number of aryl methyl sites for hydroxylation is 3. The first-order valence-corrected chi connectivity index (χ1v) is 6.88. The maximum atomic E-state index is 11.1. The summed E-state index contributed by atoms with van der Waals surface area (Å²) >= 11 is 0. The molecule has 0 aliphatic heterocycles. The molecule has 0 atom stereocenters. The molecule has 0 N–H and O–H groups in total. The lowest BCUT2D eigenvalue weighted by molar-refractivity contribution is 0.111. The monoisotopic (exact) mass is 284 g/mol. The van der Waals surface area contributed by atoms with Gasteiger partial charge in [0.25, 0.3) is 0 Å². The number of ether oxygens (including phenoxy) is 2. The minimum Gasteiger partial charge on any atom is -0.493 e. The second-order valence-corrected chi connectivity index (χ2v) is 5.16. The van der Waals surface area contributed by atoms with E-state index in [0.717, 1.165) is 11.8 Å². The Balaban J connectivity index is 2.31. The van der Waals surface area contributed by atoms with Gasteiger partial charge < -0.3 is 9.47 Å². The van der Waals surface area contributed by atoms with Gasteiger partial charge in [-0.05, 0) is 49.6 Å². The first-order valence-electron chi connectivity index (χ1n) is 6.88. The van der Waals surface area contributed by atoms with E-state index in [0.29, 0.717) is 23.7 Å². The fraction of sp³-hybridized carbons (Fsp3) is 0.278. The second-order valence-electron chi connectivity index (χ2n) is 5.16. The van der Waals surface area contributed by atoms with Crippen molar-refractivity contribution < 1.29 is 14.3 Å². The summed E-state index contributed by atoms with van der Waals surface area (Å²) in [4.78, 5) is 11.1. The molecule has 0 radical (unpaired) electrons. The lowest BCUT2D eigenvalue weighted by Crippen LogP contribution is -2.04. The van der Waals surface area contributed by atoms with E-state index in [1.165, 1.54) is 16.7 Å². The van der Waals surface area contributed by atoms with Crippen LogP contribution >= 0.6 is 0 Å². The number of benzene rings is 2. The van der Waals surface area contributed by atoms with Gasteiger partial charge in [-0.25, -0.2) is 0 Å². The van der Waals surface area contributed by atoms with Crippen molar-refractivity contribution in [3.63, 3.8) is 0 Å². The first-order chi connectivity index (χ1) is 10.1. The molecule has 0 fully saturated rings. The van der Waals surface area contributed by atoms with Crippen molar-refractivity contribution >= 4 is 6.29 Å². The number of methoxy groups -OCH3 is 1. The average molecular weight is 284 g/mol. The van der Waals surface area contributed by atoms with E-state index in [4.69, 9.17) is 9.47 Å². The topological polar surface area (TPSA) is 35.5 Å². The normalized spacial score (nSPS) is 10.3. The van der Waals surface area contributed by atoms with Crippen molar-refractivity contribution in [2.24, 2.45) is 0 Å². The van der Waals surface area contributed by atoms with Crippen molar-refractivity contribution in [2.75, 3.05) is 7.11 Å².